The Kier molecular flexibility index (Phi) is 4.83. The van der Waals surface area contributed by atoms with Gasteiger partial charge in [0.2, 0.25) is 10.0 Å². The van der Waals surface area contributed by atoms with Crippen molar-refractivity contribution in [3.05, 3.63) is 41.4 Å². The predicted octanol–water partition coefficient (Wildman–Crippen LogP) is 2.24. The van der Waals surface area contributed by atoms with E-state index in [1.807, 2.05) is 18.3 Å². The van der Waals surface area contributed by atoms with Gasteiger partial charge in [-0.3, -0.25) is 10.00 Å². The van der Waals surface area contributed by atoms with Gasteiger partial charge in [-0.25, -0.2) is 12.9 Å². The monoisotopic (exact) mass is 512 g/mol. The number of hydrogen-bond donors (Lipinski definition) is 1. The van der Waals surface area contributed by atoms with Crippen molar-refractivity contribution in [2.75, 3.05) is 52.1 Å². The molecule has 182 valence electrons. The maximum absolute atomic E-state index is 11.9. The number of ether oxygens (including phenoxy) is 1. The first kappa shape index (κ1) is 21.8. The number of fused-ring (bicyclic) bond motifs is 1. The summed E-state index contributed by atoms with van der Waals surface area (Å²) in [4.78, 5) is 12.0. The molecule has 1 N–H and O–H groups in total. The summed E-state index contributed by atoms with van der Waals surface area (Å²) in [6.07, 6.45) is 2.98. The van der Waals surface area contributed by atoms with E-state index in [4.69, 9.17) is 14.7 Å². The van der Waals surface area contributed by atoms with Crippen LogP contribution in [0.2, 0.25) is 0 Å². The molecule has 2 saturated heterocycles. The molecular formula is C23H26N7O3S2+. The van der Waals surface area contributed by atoms with Crippen LogP contribution in [-0.2, 0) is 14.8 Å². The lowest BCUT2D eigenvalue weighted by atomic mass is 9.99. The van der Waals surface area contributed by atoms with Gasteiger partial charge in [-0.1, -0.05) is 12.1 Å². The number of thiophene rings is 1. The van der Waals surface area contributed by atoms with E-state index in [9.17, 15) is 8.42 Å². The van der Waals surface area contributed by atoms with Gasteiger partial charge < -0.3 is 4.74 Å². The Morgan fingerprint density at radius 2 is 2.03 bits per heavy atom. The molecule has 2 fully saturated rings. The molecule has 3 atom stereocenters. The van der Waals surface area contributed by atoms with Crippen molar-refractivity contribution in [3.8, 4) is 0 Å². The van der Waals surface area contributed by atoms with Gasteiger partial charge in [0, 0.05) is 38.1 Å². The van der Waals surface area contributed by atoms with Crippen LogP contribution < -0.4 is 4.48 Å². The van der Waals surface area contributed by atoms with E-state index in [-0.39, 0.29) is 12.2 Å². The van der Waals surface area contributed by atoms with Crippen LogP contribution in [0.3, 0.4) is 0 Å². The number of quaternary nitrogens is 1. The molecule has 1 spiro atoms. The number of sulfonamides is 1. The lowest BCUT2D eigenvalue weighted by Gasteiger charge is -2.48. The van der Waals surface area contributed by atoms with E-state index in [0.717, 1.165) is 58.1 Å². The van der Waals surface area contributed by atoms with Gasteiger partial charge in [-0.05, 0) is 23.1 Å². The van der Waals surface area contributed by atoms with Gasteiger partial charge in [0.05, 0.1) is 23.5 Å². The van der Waals surface area contributed by atoms with Crippen molar-refractivity contribution in [2.45, 2.75) is 12.2 Å². The molecule has 3 unspecified atom stereocenters. The fraction of sp³-hybridized carbons (Fsp3) is 0.435. The first-order chi connectivity index (χ1) is 16.9. The Balaban J connectivity index is 1.21. The van der Waals surface area contributed by atoms with Gasteiger partial charge in [-0.2, -0.15) is 14.4 Å². The molecule has 4 aliphatic rings. The Labute approximate surface area is 206 Å². The molecule has 0 saturated carbocycles. The largest absolute Gasteiger partial charge is 0.357 e. The van der Waals surface area contributed by atoms with Crippen molar-refractivity contribution in [3.63, 3.8) is 0 Å². The number of hydrogen-bond acceptors (Lipinski definition) is 8. The van der Waals surface area contributed by atoms with Gasteiger partial charge in [0.1, 0.15) is 30.0 Å². The smallest absolute Gasteiger partial charge is 0.341 e. The van der Waals surface area contributed by atoms with Crippen LogP contribution in [0.25, 0.3) is 21.1 Å². The van der Waals surface area contributed by atoms with Crippen LogP contribution in [0.15, 0.2) is 35.8 Å². The Morgan fingerprint density at radius 3 is 2.86 bits per heavy atom. The average Bonchev–Trinajstić information content (AvgIpc) is 3.52. The van der Waals surface area contributed by atoms with E-state index >= 15 is 0 Å². The van der Waals surface area contributed by atoms with E-state index in [1.54, 1.807) is 15.6 Å². The summed E-state index contributed by atoms with van der Waals surface area (Å²) in [5, 5.41) is 10.5. The summed E-state index contributed by atoms with van der Waals surface area (Å²) in [5.74, 6) is 1.96. The topological polar surface area (TPSA) is 104 Å². The Morgan fingerprint density at radius 1 is 1.17 bits per heavy atom. The Bertz CT molecular complexity index is 1540. The minimum absolute atomic E-state index is 0.0436. The summed E-state index contributed by atoms with van der Waals surface area (Å²) >= 11 is 1.70. The van der Waals surface area contributed by atoms with Crippen molar-refractivity contribution < 1.29 is 13.2 Å². The quantitative estimate of drug-likeness (QED) is 0.418. The molecule has 7 heterocycles. The zero-order valence-electron chi connectivity index (χ0n) is 19.3. The number of nitrogens with zero attached hydrogens (tertiary/aromatic N) is 6. The lowest BCUT2D eigenvalue weighted by molar-refractivity contribution is -0.0881. The number of nitrogens with one attached hydrogen (secondary N) is 1. The number of rotatable bonds is 4. The molecule has 0 radical (unpaired) electrons. The van der Waals surface area contributed by atoms with Crippen molar-refractivity contribution in [1.82, 2.24) is 33.9 Å². The lowest BCUT2D eigenvalue weighted by Crippen LogP contribution is -2.63. The van der Waals surface area contributed by atoms with Crippen molar-refractivity contribution in [1.29, 1.82) is 0 Å². The number of benzene rings is 1. The van der Waals surface area contributed by atoms with Crippen LogP contribution in [0, 0.1) is 0 Å². The van der Waals surface area contributed by atoms with Crippen LogP contribution in [0.5, 0.6) is 0 Å². The molecule has 1 aromatic carbocycles. The highest BCUT2D eigenvalue weighted by Crippen LogP contribution is 2.51. The van der Waals surface area contributed by atoms with Gasteiger partial charge in [0.25, 0.3) is 5.82 Å². The summed E-state index contributed by atoms with van der Waals surface area (Å²) < 4.78 is 34.0. The Hall–Kier alpha value is -2.48. The van der Waals surface area contributed by atoms with Crippen LogP contribution in [0.4, 0.5) is 11.8 Å². The minimum Gasteiger partial charge on any atom is -0.357 e. The highest BCUT2D eigenvalue weighted by atomic mass is 32.2. The maximum Gasteiger partial charge on any atom is 0.341 e. The molecule has 3 aromatic heterocycles. The van der Waals surface area contributed by atoms with Crippen LogP contribution in [0.1, 0.15) is 11.7 Å². The molecule has 4 aliphatic heterocycles. The average molecular weight is 513 g/mol. The minimum atomic E-state index is -3.16. The molecule has 35 heavy (non-hydrogen) atoms. The van der Waals surface area contributed by atoms with Crippen molar-refractivity contribution in [2.24, 2.45) is 0 Å². The number of morpholine rings is 1. The third kappa shape index (κ3) is 3.43. The molecule has 0 aliphatic carbocycles. The van der Waals surface area contributed by atoms with E-state index in [2.05, 4.69) is 32.6 Å². The normalized spacial score (nSPS) is 27.6. The summed E-state index contributed by atoms with van der Waals surface area (Å²) in [5.41, 5.74) is 3.14. The zero-order valence-corrected chi connectivity index (χ0v) is 20.9. The number of piperazine rings is 1. The second-order valence-corrected chi connectivity index (χ2v) is 12.6. The first-order valence-corrected chi connectivity index (χ1v) is 14.5. The second-order valence-electron chi connectivity index (χ2n) is 9.70. The second kappa shape index (κ2) is 7.76. The van der Waals surface area contributed by atoms with Gasteiger partial charge >= 0.3 is 5.95 Å². The highest BCUT2D eigenvalue weighted by Gasteiger charge is 2.55. The standard InChI is InChI=1S/C23H26N7O3S2/c1-35(31,32)29-8-6-28(7-9-29)12-15-13-30(22-21-19(5-10-34-21)25-23(30)26-22)14-20(33-15)16-3-2-4-18-17(16)11-24-27-18/h2-5,10-11,15,20H,6-9,12-14H2,1H3,(H,24,27)/q+1. The number of aromatic amines is 1. The first-order valence-electron chi connectivity index (χ1n) is 11.8. The number of aromatic nitrogens is 4. The summed E-state index contributed by atoms with van der Waals surface area (Å²) in [7, 11) is -3.16. The summed E-state index contributed by atoms with van der Waals surface area (Å²) in [6, 6.07) is 8.26. The predicted molar refractivity (Wildman–Crippen MR) is 135 cm³/mol. The molecule has 12 heteroatoms. The molecule has 8 rings (SSSR count). The SMILES string of the molecule is CS(=O)(=O)N1CCN(CC2C[N+]3(CC(c4cccc5[nH]ncc45)O2)c2nc3c3sccc3n2)CC1. The molecule has 4 aromatic rings. The highest BCUT2D eigenvalue weighted by molar-refractivity contribution is 7.88. The molecular weight excluding hydrogens is 486 g/mol. The molecule has 0 amide bonds. The van der Waals surface area contributed by atoms with E-state index in [0.29, 0.717) is 30.7 Å². The third-order valence-electron chi connectivity index (χ3n) is 7.54. The van der Waals surface area contributed by atoms with E-state index < -0.39 is 10.0 Å². The fourth-order valence-electron chi connectivity index (χ4n) is 5.80. The molecule has 10 nitrogen and oxygen atoms in total. The molecule has 2 bridgehead atoms. The third-order valence-corrected chi connectivity index (χ3v) is 9.74. The number of H-pyrrole nitrogens is 1. The maximum atomic E-state index is 11.9. The van der Waals surface area contributed by atoms with Crippen molar-refractivity contribution >= 4 is 54.2 Å². The van der Waals surface area contributed by atoms with Crippen LogP contribution in [-0.4, -0.2) is 96.0 Å². The van der Waals surface area contributed by atoms with Gasteiger partial charge in [-0.15, -0.1) is 16.3 Å². The van der Waals surface area contributed by atoms with Crippen LogP contribution >= 0.6 is 11.3 Å². The van der Waals surface area contributed by atoms with E-state index in [1.165, 1.54) is 6.26 Å². The summed E-state index contributed by atoms with van der Waals surface area (Å²) in [6.45, 7) is 4.70. The zero-order chi connectivity index (χ0) is 23.8. The fourth-order valence-corrected chi connectivity index (χ4v) is 7.52. The van der Waals surface area contributed by atoms with Gasteiger partial charge in [0.15, 0.2) is 0 Å².